The van der Waals surface area contributed by atoms with Crippen molar-refractivity contribution in [1.82, 2.24) is 5.32 Å². The smallest absolute Gasteiger partial charge is 0.222 e. The fourth-order valence-electron chi connectivity index (χ4n) is 2.00. The van der Waals surface area contributed by atoms with Crippen LogP contribution in [0.1, 0.15) is 66.9 Å². The van der Waals surface area contributed by atoms with Gasteiger partial charge in [0, 0.05) is 19.1 Å². The summed E-state index contributed by atoms with van der Waals surface area (Å²) in [6, 6.07) is 10.3. The quantitative estimate of drug-likeness (QED) is 0.622. The van der Waals surface area contributed by atoms with Gasteiger partial charge < -0.3 is 10.1 Å². The van der Waals surface area contributed by atoms with E-state index in [-0.39, 0.29) is 11.8 Å². The molecule has 1 aliphatic carbocycles. The number of carbonyl (C=O) groups excluding carboxylic acids is 1. The number of allylic oxidation sites excluding steroid dienone is 1. The molecule has 1 aromatic carbocycles. The summed E-state index contributed by atoms with van der Waals surface area (Å²) in [6.07, 6.45) is 7.14. The second-order valence-corrected chi connectivity index (χ2v) is 6.95. The molecule has 0 aliphatic heterocycles. The van der Waals surface area contributed by atoms with Gasteiger partial charge in [0.25, 0.3) is 0 Å². The molecule has 1 aromatic rings. The number of ether oxygens (including phenoxy) is 1. The molecule has 2 rings (SSSR count). The summed E-state index contributed by atoms with van der Waals surface area (Å²) in [4.78, 5) is 10.9. The molecule has 3 nitrogen and oxygen atoms in total. The summed E-state index contributed by atoms with van der Waals surface area (Å²) in [5, 5.41) is 2.84. The maximum atomic E-state index is 10.9. The molecule has 0 heterocycles. The van der Waals surface area contributed by atoms with Crippen molar-refractivity contribution < 1.29 is 9.53 Å². The first kappa shape index (κ1) is 27.6. The van der Waals surface area contributed by atoms with E-state index in [0.29, 0.717) is 12.0 Å². The Hall–Kier alpha value is -1.61. The van der Waals surface area contributed by atoms with E-state index in [4.69, 9.17) is 4.74 Å². The third-order valence-corrected chi connectivity index (χ3v) is 3.50. The SMILES string of the molecule is CC.CC(C)CNC(=O)C(C)C.CCOC1C=CCC1.Cc1ccccc1. The van der Waals surface area contributed by atoms with E-state index in [1.165, 1.54) is 18.4 Å². The van der Waals surface area contributed by atoms with Crippen molar-refractivity contribution in [3.63, 3.8) is 0 Å². The Bertz CT molecular complexity index is 467. The third kappa shape index (κ3) is 19.0. The van der Waals surface area contributed by atoms with Crippen LogP contribution in [0.5, 0.6) is 0 Å². The van der Waals surface area contributed by atoms with E-state index >= 15 is 0 Å². The summed E-state index contributed by atoms with van der Waals surface area (Å²) in [5.74, 6) is 0.801. The van der Waals surface area contributed by atoms with E-state index in [9.17, 15) is 4.79 Å². The predicted molar refractivity (Wildman–Crippen MR) is 119 cm³/mol. The fourth-order valence-corrected chi connectivity index (χ4v) is 2.00. The van der Waals surface area contributed by atoms with Crippen molar-refractivity contribution in [1.29, 1.82) is 0 Å². The highest BCUT2D eigenvalue weighted by atomic mass is 16.5. The highest BCUT2D eigenvalue weighted by Gasteiger charge is 2.06. The van der Waals surface area contributed by atoms with Crippen LogP contribution in [0, 0.1) is 18.8 Å². The number of hydrogen-bond donors (Lipinski definition) is 1. The number of carbonyl (C=O) groups is 1. The van der Waals surface area contributed by atoms with Gasteiger partial charge in [-0.1, -0.05) is 89.6 Å². The van der Waals surface area contributed by atoms with Crippen LogP contribution in [0.15, 0.2) is 42.5 Å². The number of aryl methyl sites for hydroxylation is 1. The molecular weight excluding hydrogens is 334 g/mol. The zero-order valence-electron chi connectivity index (χ0n) is 18.9. The Balaban J connectivity index is 0. The molecule has 1 aliphatic rings. The standard InChI is InChI=1S/C8H17NO.C7H12O.C7H8.C2H6/c1-6(2)5-9-8(10)7(3)4;1-2-8-7-5-3-4-6-7;1-7-5-3-2-4-6-7;1-2/h6-7H,5H2,1-4H3,(H,9,10);3,5,7H,2,4,6H2,1H3;2-6H,1H3;1-2H3. The molecule has 0 bridgehead atoms. The highest BCUT2D eigenvalue weighted by molar-refractivity contribution is 5.77. The minimum Gasteiger partial charge on any atom is -0.374 e. The van der Waals surface area contributed by atoms with Gasteiger partial charge in [-0.05, 0) is 32.6 Å². The molecule has 0 radical (unpaired) electrons. The van der Waals surface area contributed by atoms with Crippen molar-refractivity contribution >= 4 is 5.91 Å². The maximum absolute atomic E-state index is 10.9. The van der Waals surface area contributed by atoms with E-state index in [0.717, 1.165) is 13.2 Å². The lowest BCUT2D eigenvalue weighted by atomic mass is 10.2. The first-order valence-electron chi connectivity index (χ1n) is 10.4. The molecule has 0 aromatic heterocycles. The van der Waals surface area contributed by atoms with Gasteiger partial charge in [0.1, 0.15) is 0 Å². The fraction of sp³-hybridized carbons (Fsp3) is 0.625. The molecule has 27 heavy (non-hydrogen) atoms. The molecule has 1 atom stereocenters. The summed E-state index contributed by atoms with van der Waals surface area (Å²) in [5.41, 5.74) is 1.32. The molecule has 0 saturated heterocycles. The van der Waals surface area contributed by atoms with Crippen molar-refractivity contribution in [3.05, 3.63) is 48.0 Å². The third-order valence-electron chi connectivity index (χ3n) is 3.50. The van der Waals surface area contributed by atoms with Gasteiger partial charge in [-0.2, -0.15) is 0 Å². The number of rotatable bonds is 5. The van der Waals surface area contributed by atoms with Crippen molar-refractivity contribution in [2.24, 2.45) is 11.8 Å². The van der Waals surface area contributed by atoms with Gasteiger partial charge in [0.2, 0.25) is 5.91 Å². The summed E-state index contributed by atoms with van der Waals surface area (Å²) in [6.45, 7) is 17.7. The Kier molecular flexibility index (Phi) is 19.6. The van der Waals surface area contributed by atoms with Crippen molar-refractivity contribution in [2.75, 3.05) is 13.2 Å². The average molecular weight is 378 g/mol. The van der Waals surface area contributed by atoms with Crippen molar-refractivity contribution in [3.8, 4) is 0 Å². The minimum absolute atomic E-state index is 0.110. The van der Waals surface area contributed by atoms with Crippen LogP contribution in [-0.4, -0.2) is 25.2 Å². The molecule has 0 saturated carbocycles. The zero-order chi connectivity index (χ0) is 21.1. The van der Waals surface area contributed by atoms with Gasteiger partial charge in [-0.15, -0.1) is 0 Å². The minimum atomic E-state index is 0.110. The van der Waals surface area contributed by atoms with Gasteiger partial charge in [-0.25, -0.2) is 0 Å². The van der Waals surface area contributed by atoms with Crippen LogP contribution in [-0.2, 0) is 9.53 Å². The van der Waals surface area contributed by atoms with Gasteiger partial charge in [0.15, 0.2) is 0 Å². The molecule has 3 heteroatoms. The molecule has 156 valence electrons. The van der Waals surface area contributed by atoms with Crippen LogP contribution in [0.4, 0.5) is 0 Å². The molecular formula is C24H43NO2. The second-order valence-electron chi connectivity index (χ2n) is 6.95. The number of benzene rings is 1. The van der Waals surface area contributed by atoms with Crippen LogP contribution in [0.25, 0.3) is 0 Å². The molecule has 0 fully saturated rings. The van der Waals surface area contributed by atoms with Crippen LogP contribution < -0.4 is 5.32 Å². The number of hydrogen-bond acceptors (Lipinski definition) is 2. The van der Waals surface area contributed by atoms with Gasteiger partial charge >= 0.3 is 0 Å². The van der Waals surface area contributed by atoms with E-state index in [2.05, 4.69) is 50.4 Å². The van der Waals surface area contributed by atoms with Crippen LogP contribution in [0.3, 0.4) is 0 Å². The Morgan fingerprint density at radius 1 is 1.15 bits per heavy atom. The van der Waals surface area contributed by atoms with E-state index in [1.807, 2.05) is 52.8 Å². The molecule has 1 amide bonds. The molecule has 0 spiro atoms. The second kappa shape index (κ2) is 19.2. The van der Waals surface area contributed by atoms with E-state index in [1.54, 1.807) is 0 Å². The van der Waals surface area contributed by atoms with Crippen molar-refractivity contribution in [2.45, 2.75) is 74.3 Å². The van der Waals surface area contributed by atoms with Gasteiger partial charge in [0.05, 0.1) is 6.10 Å². The summed E-state index contributed by atoms with van der Waals surface area (Å²) < 4.78 is 5.32. The zero-order valence-corrected chi connectivity index (χ0v) is 18.9. The predicted octanol–water partition coefficient (Wildman–Crippen LogP) is 6.18. The summed E-state index contributed by atoms with van der Waals surface area (Å²) in [7, 11) is 0. The lowest BCUT2D eigenvalue weighted by Gasteiger charge is -2.08. The topological polar surface area (TPSA) is 38.3 Å². The number of amides is 1. The Morgan fingerprint density at radius 2 is 1.74 bits per heavy atom. The van der Waals surface area contributed by atoms with Gasteiger partial charge in [-0.3, -0.25) is 4.79 Å². The Labute approximate surface area is 168 Å². The monoisotopic (exact) mass is 377 g/mol. The van der Waals surface area contributed by atoms with Crippen LogP contribution in [0.2, 0.25) is 0 Å². The highest BCUT2D eigenvalue weighted by Crippen LogP contribution is 2.11. The Morgan fingerprint density at radius 3 is 2.07 bits per heavy atom. The molecule has 1 unspecified atom stereocenters. The molecule has 1 N–H and O–H groups in total. The van der Waals surface area contributed by atoms with Crippen LogP contribution >= 0.6 is 0 Å². The average Bonchev–Trinajstić information content (AvgIpc) is 3.16. The first-order valence-corrected chi connectivity index (χ1v) is 10.4. The lowest BCUT2D eigenvalue weighted by Crippen LogP contribution is -2.30. The van der Waals surface area contributed by atoms with E-state index < -0.39 is 0 Å². The lowest BCUT2D eigenvalue weighted by molar-refractivity contribution is -0.124. The first-order chi connectivity index (χ1) is 12.9. The largest absolute Gasteiger partial charge is 0.374 e. The normalized spacial score (nSPS) is 14.4. The maximum Gasteiger partial charge on any atom is 0.222 e. The summed E-state index contributed by atoms with van der Waals surface area (Å²) >= 11 is 0. The number of nitrogens with one attached hydrogen (secondary N) is 1.